The molecule has 2 aromatic rings. The highest BCUT2D eigenvalue weighted by Gasteiger charge is 2.26. The van der Waals surface area contributed by atoms with Crippen LogP contribution in [0.2, 0.25) is 5.02 Å². The van der Waals surface area contributed by atoms with Crippen LogP contribution in [-0.4, -0.2) is 56.6 Å². The first-order valence-electron chi connectivity index (χ1n) is 8.75. The number of halogens is 1. The van der Waals surface area contributed by atoms with E-state index < -0.39 is 0 Å². The number of amides is 1. The summed E-state index contributed by atoms with van der Waals surface area (Å²) < 4.78 is 13.2. The third kappa shape index (κ3) is 5.37. The monoisotopic (exact) mass is 410 g/mol. The van der Waals surface area contributed by atoms with Crippen LogP contribution in [0.25, 0.3) is 0 Å². The summed E-state index contributed by atoms with van der Waals surface area (Å²) >= 11 is 7.25. The number of benzene rings is 1. The van der Waals surface area contributed by atoms with Crippen LogP contribution in [0.3, 0.4) is 0 Å². The van der Waals surface area contributed by atoms with E-state index in [4.69, 9.17) is 21.1 Å². The van der Waals surface area contributed by atoms with Gasteiger partial charge < -0.3 is 18.9 Å². The predicted octanol–water partition coefficient (Wildman–Crippen LogP) is 2.78. The number of nitrogens with zero attached hydrogens (tertiary/aromatic N) is 4. The number of morpholine rings is 1. The van der Waals surface area contributed by atoms with E-state index in [-0.39, 0.29) is 24.7 Å². The number of thioether (sulfide) groups is 1. The lowest BCUT2D eigenvalue weighted by Crippen LogP contribution is -2.48. The third-order valence-electron chi connectivity index (χ3n) is 4.20. The van der Waals surface area contributed by atoms with E-state index in [1.54, 1.807) is 24.3 Å². The van der Waals surface area contributed by atoms with Gasteiger partial charge in [-0.05, 0) is 38.1 Å². The molecule has 3 rings (SSSR count). The van der Waals surface area contributed by atoms with Crippen molar-refractivity contribution in [3.8, 4) is 5.75 Å². The van der Waals surface area contributed by atoms with Crippen LogP contribution in [-0.2, 0) is 23.2 Å². The molecule has 2 atom stereocenters. The van der Waals surface area contributed by atoms with Crippen molar-refractivity contribution in [2.24, 2.45) is 7.05 Å². The fourth-order valence-corrected chi connectivity index (χ4v) is 3.83. The summed E-state index contributed by atoms with van der Waals surface area (Å²) in [5.41, 5.74) is 0. The van der Waals surface area contributed by atoms with Crippen LogP contribution < -0.4 is 4.74 Å². The van der Waals surface area contributed by atoms with E-state index in [0.717, 1.165) is 0 Å². The fraction of sp³-hybridized carbons (Fsp3) is 0.500. The first kappa shape index (κ1) is 20.0. The second-order valence-electron chi connectivity index (χ2n) is 6.55. The van der Waals surface area contributed by atoms with Crippen molar-refractivity contribution in [2.75, 3.05) is 18.8 Å². The molecule has 1 aromatic heterocycles. The maximum atomic E-state index is 12.5. The fourth-order valence-electron chi connectivity index (χ4n) is 2.87. The molecule has 1 aliphatic heterocycles. The van der Waals surface area contributed by atoms with Crippen molar-refractivity contribution >= 4 is 29.3 Å². The molecule has 1 fully saturated rings. The Kier molecular flexibility index (Phi) is 6.62. The second kappa shape index (κ2) is 8.95. The minimum atomic E-state index is 0.0640. The van der Waals surface area contributed by atoms with Gasteiger partial charge >= 0.3 is 0 Å². The Bertz CT molecular complexity index is 773. The number of ether oxygens (including phenoxy) is 2. The number of aromatic nitrogens is 3. The number of carbonyl (C=O) groups is 1. The molecule has 0 saturated carbocycles. The maximum absolute atomic E-state index is 12.5. The van der Waals surface area contributed by atoms with E-state index >= 15 is 0 Å². The van der Waals surface area contributed by atoms with Crippen LogP contribution in [0, 0.1) is 0 Å². The van der Waals surface area contributed by atoms with Gasteiger partial charge in [0.2, 0.25) is 5.91 Å². The SMILES string of the molecule is C[C@H]1CN(C(=O)CSc2nnc(COc3ccc(Cl)cc3)n2C)C[C@H](C)O1. The van der Waals surface area contributed by atoms with Gasteiger partial charge in [0.15, 0.2) is 11.0 Å². The molecule has 9 heteroatoms. The van der Waals surface area contributed by atoms with Crippen LogP contribution in [0.4, 0.5) is 0 Å². The zero-order valence-corrected chi connectivity index (χ0v) is 17.2. The van der Waals surface area contributed by atoms with Crippen LogP contribution in [0.5, 0.6) is 5.75 Å². The molecule has 0 N–H and O–H groups in total. The normalized spacial score (nSPS) is 19.9. The Morgan fingerprint density at radius 1 is 1.26 bits per heavy atom. The standard InChI is InChI=1S/C18H23ClN4O3S/c1-12-8-23(9-13(2)26-12)17(24)11-27-18-21-20-16(22(18)3)10-25-15-6-4-14(19)5-7-15/h4-7,12-13H,8-11H2,1-3H3/t12-,13-/m0/s1. The predicted molar refractivity (Wildman–Crippen MR) is 104 cm³/mol. The highest BCUT2D eigenvalue weighted by molar-refractivity contribution is 7.99. The first-order valence-corrected chi connectivity index (χ1v) is 10.1. The van der Waals surface area contributed by atoms with Gasteiger partial charge in [-0.1, -0.05) is 23.4 Å². The molecular formula is C18H23ClN4O3S. The Morgan fingerprint density at radius 3 is 2.59 bits per heavy atom. The van der Waals surface area contributed by atoms with Gasteiger partial charge in [0.05, 0.1) is 18.0 Å². The molecule has 0 aliphatic carbocycles. The van der Waals surface area contributed by atoms with E-state index in [1.165, 1.54) is 11.8 Å². The summed E-state index contributed by atoms with van der Waals surface area (Å²) in [4.78, 5) is 14.3. The molecule has 27 heavy (non-hydrogen) atoms. The Hall–Kier alpha value is -1.77. The van der Waals surface area contributed by atoms with Crippen molar-refractivity contribution < 1.29 is 14.3 Å². The molecule has 1 saturated heterocycles. The molecule has 2 heterocycles. The Morgan fingerprint density at radius 2 is 1.93 bits per heavy atom. The summed E-state index contributed by atoms with van der Waals surface area (Å²) in [6, 6.07) is 7.15. The lowest BCUT2D eigenvalue weighted by molar-refractivity contribution is -0.140. The van der Waals surface area contributed by atoms with Gasteiger partial charge in [0.1, 0.15) is 12.4 Å². The zero-order valence-electron chi connectivity index (χ0n) is 15.6. The van der Waals surface area contributed by atoms with Crippen LogP contribution in [0.15, 0.2) is 29.4 Å². The van der Waals surface area contributed by atoms with Crippen LogP contribution >= 0.6 is 23.4 Å². The lowest BCUT2D eigenvalue weighted by Gasteiger charge is -2.35. The third-order valence-corrected chi connectivity index (χ3v) is 5.46. The van der Waals surface area contributed by atoms with Gasteiger partial charge in [-0.15, -0.1) is 10.2 Å². The lowest BCUT2D eigenvalue weighted by atomic mass is 10.2. The summed E-state index contributed by atoms with van der Waals surface area (Å²) in [7, 11) is 1.87. The molecule has 0 radical (unpaired) electrons. The van der Waals surface area contributed by atoms with Gasteiger partial charge in [-0.3, -0.25) is 4.79 Å². The zero-order chi connectivity index (χ0) is 19.4. The van der Waals surface area contributed by atoms with Crippen molar-refractivity contribution in [3.63, 3.8) is 0 Å². The average Bonchev–Trinajstić information content (AvgIpc) is 2.98. The summed E-state index contributed by atoms with van der Waals surface area (Å²) in [6.07, 6.45) is 0.128. The highest BCUT2D eigenvalue weighted by atomic mass is 35.5. The van der Waals surface area contributed by atoms with Crippen molar-refractivity contribution in [1.29, 1.82) is 0 Å². The molecule has 146 valence electrons. The van der Waals surface area contributed by atoms with E-state index in [1.807, 2.05) is 30.4 Å². The average molecular weight is 411 g/mol. The summed E-state index contributed by atoms with van der Waals surface area (Å²) in [6.45, 7) is 5.51. The molecule has 7 nitrogen and oxygen atoms in total. The van der Waals surface area contributed by atoms with Gasteiger partial charge in [-0.25, -0.2) is 0 Å². The minimum Gasteiger partial charge on any atom is -0.486 e. The summed E-state index contributed by atoms with van der Waals surface area (Å²) in [5.74, 6) is 1.81. The molecule has 1 aliphatic rings. The molecular weight excluding hydrogens is 388 g/mol. The molecule has 0 unspecified atom stereocenters. The quantitative estimate of drug-likeness (QED) is 0.682. The maximum Gasteiger partial charge on any atom is 0.233 e. The van der Waals surface area contributed by atoms with Crippen molar-refractivity contribution in [1.82, 2.24) is 19.7 Å². The highest BCUT2D eigenvalue weighted by Crippen LogP contribution is 2.20. The molecule has 0 spiro atoms. The Balaban J connectivity index is 1.52. The van der Waals surface area contributed by atoms with E-state index in [0.29, 0.717) is 40.6 Å². The number of hydrogen-bond acceptors (Lipinski definition) is 6. The van der Waals surface area contributed by atoms with Crippen molar-refractivity contribution in [2.45, 2.75) is 37.8 Å². The largest absolute Gasteiger partial charge is 0.486 e. The first-order chi connectivity index (χ1) is 12.9. The van der Waals surface area contributed by atoms with Crippen LogP contribution in [0.1, 0.15) is 19.7 Å². The topological polar surface area (TPSA) is 69.5 Å². The molecule has 0 bridgehead atoms. The second-order valence-corrected chi connectivity index (χ2v) is 7.92. The van der Waals surface area contributed by atoms with Gasteiger partial charge in [-0.2, -0.15) is 0 Å². The van der Waals surface area contributed by atoms with E-state index in [9.17, 15) is 4.79 Å². The van der Waals surface area contributed by atoms with Crippen molar-refractivity contribution in [3.05, 3.63) is 35.1 Å². The number of rotatable bonds is 6. The molecule has 1 amide bonds. The smallest absolute Gasteiger partial charge is 0.233 e. The number of carbonyl (C=O) groups excluding carboxylic acids is 1. The van der Waals surface area contributed by atoms with Gasteiger partial charge in [0.25, 0.3) is 0 Å². The van der Waals surface area contributed by atoms with E-state index in [2.05, 4.69) is 10.2 Å². The minimum absolute atomic E-state index is 0.0640. The Labute approximate surface area is 168 Å². The summed E-state index contributed by atoms with van der Waals surface area (Å²) in [5, 5.41) is 9.68. The number of hydrogen-bond donors (Lipinski definition) is 0. The van der Waals surface area contributed by atoms with Gasteiger partial charge in [0, 0.05) is 25.2 Å². The molecule has 1 aromatic carbocycles.